The van der Waals surface area contributed by atoms with Crippen LogP contribution in [0.25, 0.3) is 0 Å². The maximum absolute atomic E-state index is 5.66. The third-order valence-corrected chi connectivity index (χ3v) is 3.10. The number of hydrogen-bond donors (Lipinski definition) is 1. The number of rotatable bonds is 11. The largest absolute Gasteiger partial charge is 0.379 e. The Labute approximate surface area is 111 Å². The van der Waals surface area contributed by atoms with Gasteiger partial charge in [-0.15, -0.1) is 0 Å². The Morgan fingerprint density at radius 1 is 1.33 bits per heavy atom. The molecule has 0 saturated carbocycles. The first-order chi connectivity index (χ1) is 8.83. The molecule has 0 aromatic rings. The summed E-state index contributed by atoms with van der Waals surface area (Å²) >= 11 is 0. The van der Waals surface area contributed by atoms with Gasteiger partial charge in [0, 0.05) is 26.3 Å². The van der Waals surface area contributed by atoms with Crippen molar-refractivity contribution in [1.82, 2.24) is 5.32 Å². The van der Waals surface area contributed by atoms with Gasteiger partial charge >= 0.3 is 0 Å². The summed E-state index contributed by atoms with van der Waals surface area (Å²) in [5, 5.41) is 3.40. The lowest BCUT2D eigenvalue weighted by Gasteiger charge is -2.16. The van der Waals surface area contributed by atoms with E-state index < -0.39 is 0 Å². The minimum Gasteiger partial charge on any atom is -0.379 e. The normalized spacial score (nSPS) is 21.3. The summed E-state index contributed by atoms with van der Waals surface area (Å²) in [6.07, 6.45) is 5.36. The van der Waals surface area contributed by atoms with Crippen molar-refractivity contribution in [2.24, 2.45) is 0 Å². The van der Waals surface area contributed by atoms with Gasteiger partial charge in [-0.05, 0) is 26.2 Å². The molecule has 0 amide bonds. The van der Waals surface area contributed by atoms with Crippen molar-refractivity contribution in [3.8, 4) is 0 Å². The van der Waals surface area contributed by atoms with Crippen LogP contribution in [0.5, 0.6) is 0 Å². The fraction of sp³-hybridized carbons (Fsp3) is 1.00. The van der Waals surface area contributed by atoms with E-state index >= 15 is 0 Å². The summed E-state index contributed by atoms with van der Waals surface area (Å²) < 4.78 is 16.7. The molecule has 0 spiro atoms. The molecule has 1 heterocycles. The van der Waals surface area contributed by atoms with E-state index in [-0.39, 0.29) is 6.10 Å². The summed E-state index contributed by atoms with van der Waals surface area (Å²) in [7, 11) is 0. The molecule has 0 bridgehead atoms. The minimum absolute atomic E-state index is 0.237. The van der Waals surface area contributed by atoms with Crippen LogP contribution in [-0.2, 0) is 14.2 Å². The van der Waals surface area contributed by atoms with Crippen molar-refractivity contribution in [2.45, 2.75) is 51.7 Å². The summed E-state index contributed by atoms with van der Waals surface area (Å²) in [6.45, 7) is 9.26. The molecule has 0 aromatic heterocycles. The highest BCUT2D eigenvalue weighted by atomic mass is 16.5. The van der Waals surface area contributed by atoms with E-state index in [4.69, 9.17) is 14.2 Å². The van der Waals surface area contributed by atoms with E-state index in [1.807, 2.05) is 0 Å². The third kappa shape index (κ3) is 8.03. The number of nitrogens with one attached hydrogen (secondary N) is 1. The van der Waals surface area contributed by atoms with Crippen molar-refractivity contribution < 1.29 is 14.2 Å². The maximum Gasteiger partial charge on any atom is 0.0704 e. The van der Waals surface area contributed by atoms with Gasteiger partial charge in [-0.1, -0.05) is 13.3 Å². The van der Waals surface area contributed by atoms with E-state index in [1.165, 1.54) is 19.3 Å². The second kappa shape index (κ2) is 10.7. The van der Waals surface area contributed by atoms with E-state index in [9.17, 15) is 0 Å². The van der Waals surface area contributed by atoms with E-state index in [0.29, 0.717) is 19.3 Å². The molecule has 4 heteroatoms. The van der Waals surface area contributed by atoms with Gasteiger partial charge in [0.2, 0.25) is 0 Å². The summed E-state index contributed by atoms with van der Waals surface area (Å²) in [5.41, 5.74) is 0. The Bertz CT molecular complexity index is 184. The highest BCUT2D eigenvalue weighted by Gasteiger charge is 2.14. The zero-order valence-corrected chi connectivity index (χ0v) is 12.0. The van der Waals surface area contributed by atoms with Crippen molar-refractivity contribution in [3.05, 3.63) is 0 Å². The summed E-state index contributed by atoms with van der Waals surface area (Å²) in [4.78, 5) is 0. The highest BCUT2D eigenvalue weighted by molar-refractivity contribution is 4.68. The van der Waals surface area contributed by atoms with Crippen LogP contribution in [0.1, 0.15) is 39.5 Å². The molecule has 1 aliphatic rings. The zero-order valence-electron chi connectivity index (χ0n) is 12.0. The van der Waals surface area contributed by atoms with Crippen molar-refractivity contribution in [2.75, 3.05) is 39.5 Å². The molecule has 1 fully saturated rings. The van der Waals surface area contributed by atoms with Crippen LogP contribution in [0.2, 0.25) is 0 Å². The number of hydrogen-bond acceptors (Lipinski definition) is 4. The number of ether oxygens (including phenoxy) is 3. The molecular weight excluding hydrogens is 230 g/mol. The van der Waals surface area contributed by atoms with E-state index in [2.05, 4.69) is 19.2 Å². The number of unbranched alkanes of at least 4 members (excludes halogenated alkanes) is 1. The van der Waals surface area contributed by atoms with Gasteiger partial charge in [-0.2, -0.15) is 0 Å². The predicted octanol–water partition coefficient (Wildman–Crippen LogP) is 1.98. The Balaban J connectivity index is 1.82. The van der Waals surface area contributed by atoms with Gasteiger partial charge in [0.15, 0.2) is 0 Å². The van der Waals surface area contributed by atoms with Crippen LogP contribution in [0.3, 0.4) is 0 Å². The summed E-state index contributed by atoms with van der Waals surface area (Å²) in [5.74, 6) is 0. The SMILES string of the molecule is CCCCOCCOC(C)CNCC1CCCO1. The van der Waals surface area contributed by atoms with Crippen LogP contribution in [0, 0.1) is 0 Å². The van der Waals surface area contributed by atoms with E-state index in [1.54, 1.807) is 0 Å². The molecule has 1 N–H and O–H groups in total. The zero-order chi connectivity index (χ0) is 13.1. The molecular formula is C14H29NO3. The predicted molar refractivity (Wildman–Crippen MR) is 73.0 cm³/mol. The lowest BCUT2D eigenvalue weighted by Crippen LogP contribution is -2.33. The van der Waals surface area contributed by atoms with Crippen molar-refractivity contribution in [1.29, 1.82) is 0 Å². The first-order valence-corrected chi connectivity index (χ1v) is 7.34. The van der Waals surface area contributed by atoms with Crippen LogP contribution in [0.15, 0.2) is 0 Å². The molecule has 1 aliphatic heterocycles. The maximum atomic E-state index is 5.66. The lowest BCUT2D eigenvalue weighted by molar-refractivity contribution is 0.0108. The molecule has 2 unspecified atom stereocenters. The summed E-state index contributed by atoms with van der Waals surface area (Å²) in [6, 6.07) is 0. The van der Waals surface area contributed by atoms with Gasteiger partial charge in [0.05, 0.1) is 25.4 Å². The quantitative estimate of drug-likeness (QED) is 0.576. The van der Waals surface area contributed by atoms with Crippen LogP contribution >= 0.6 is 0 Å². The Kier molecular flexibility index (Phi) is 9.48. The molecule has 2 atom stereocenters. The average molecular weight is 259 g/mol. The van der Waals surface area contributed by atoms with Crippen LogP contribution < -0.4 is 5.32 Å². The molecule has 4 nitrogen and oxygen atoms in total. The Hall–Kier alpha value is -0.160. The van der Waals surface area contributed by atoms with E-state index in [0.717, 1.165) is 32.7 Å². The molecule has 1 saturated heterocycles. The monoisotopic (exact) mass is 259 g/mol. The first kappa shape index (κ1) is 15.9. The van der Waals surface area contributed by atoms with Crippen LogP contribution in [-0.4, -0.2) is 51.7 Å². The van der Waals surface area contributed by atoms with Gasteiger partial charge in [-0.25, -0.2) is 0 Å². The Morgan fingerprint density at radius 3 is 2.94 bits per heavy atom. The van der Waals surface area contributed by atoms with Gasteiger partial charge < -0.3 is 19.5 Å². The van der Waals surface area contributed by atoms with Crippen LogP contribution in [0.4, 0.5) is 0 Å². The molecule has 0 radical (unpaired) electrons. The third-order valence-electron chi connectivity index (χ3n) is 3.10. The molecule has 1 rings (SSSR count). The smallest absolute Gasteiger partial charge is 0.0704 e. The second-order valence-corrected chi connectivity index (χ2v) is 4.94. The van der Waals surface area contributed by atoms with Gasteiger partial charge in [0.1, 0.15) is 0 Å². The standard InChI is InChI=1S/C14H29NO3/c1-3-4-7-16-9-10-17-13(2)11-15-12-14-6-5-8-18-14/h13-15H,3-12H2,1-2H3. The minimum atomic E-state index is 0.237. The lowest BCUT2D eigenvalue weighted by atomic mass is 10.2. The van der Waals surface area contributed by atoms with Gasteiger partial charge in [-0.3, -0.25) is 0 Å². The Morgan fingerprint density at radius 2 is 2.22 bits per heavy atom. The fourth-order valence-electron chi connectivity index (χ4n) is 1.97. The molecule has 108 valence electrons. The van der Waals surface area contributed by atoms with Gasteiger partial charge in [0.25, 0.3) is 0 Å². The highest BCUT2D eigenvalue weighted by Crippen LogP contribution is 2.10. The fourth-order valence-corrected chi connectivity index (χ4v) is 1.97. The van der Waals surface area contributed by atoms with Crippen molar-refractivity contribution >= 4 is 0 Å². The topological polar surface area (TPSA) is 39.7 Å². The van der Waals surface area contributed by atoms with Crippen molar-refractivity contribution in [3.63, 3.8) is 0 Å². The molecule has 0 aromatic carbocycles. The second-order valence-electron chi connectivity index (χ2n) is 4.94. The average Bonchev–Trinajstić information content (AvgIpc) is 2.87. The molecule has 0 aliphatic carbocycles. The first-order valence-electron chi connectivity index (χ1n) is 7.34. The molecule has 18 heavy (non-hydrogen) atoms.